The van der Waals surface area contributed by atoms with Crippen LogP contribution in [0, 0.1) is 0 Å². The average molecular weight is 426 g/mol. The Balaban J connectivity index is 1.34. The molecule has 1 aromatic carbocycles. The van der Waals surface area contributed by atoms with Gasteiger partial charge in [-0.05, 0) is 46.2 Å². The van der Waals surface area contributed by atoms with Crippen LogP contribution in [0.25, 0.3) is 0 Å². The van der Waals surface area contributed by atoms with Crippen LogP contribution in [-0.2, 0) is 17.0 Å². The maximum absolute atomic E-state index is 12.7. The lowest BCUT2D eigenvalue weighted by molar-refractivity contribution is 0.0948. The van der Waals surface area contributed by atoms with Gasteiger partial charge in [-0.25, -0.2) is 4.98 Å². The summed E-state index contributed by atoms with van der Waals surface area (Å²) in [6, 6.07) is 13.9. The normalized spacial score (nSPS) is 14.0. The van der Waals surface area contributed by atoms with Crippen LogP contribution in [0.3, 0.4) is 0 Å². The molecule has 7 heteroatoms. The van der Waals surface area contributed by atoms with Crippen molar-refractivity contribution >= 4 is 34.8 Å². The van der Waals surface area contributed by atoms with Crippen molar-refractivity contribution in [1.29, 1.82) is 0 Å². The number of rotatable bonds is 7. The van der Waals surface area contributed by atoms with E-state index in [1.807, 2.05) is 42.6 Å². The lowest BCUT2D eigenvalue weighted by Crippen LogP contribution is -2.36. The summed E-state index contributed by atoms with van der Waals surface area (Å²) in [4.78, 5) is 20.5. The highest BCUT2D eigenvalue weighted by atomic mass is 32.2. The number of carbonyl (C=O) groups is 1. The Bertz CT molecular complexity index is 923. The van der Waals surface area contributed by atoms with E-state index in [0.717, 1.165) is 48.3 Å². The van der Waals surface area contributed by atoms with Crippen LogP contribution < -0.4 is 10.2 Å². The van der Waals surface area contributed by atoms with Gasteiger partial charge in [-0.15, -0.1) is 11.8 Å². The van der Waals surface area contributed by atoms with Crippen molar-refractivity contribution in [2.45, 2.75) is 17.2 Å². The van der Waals surface area contributed by atoms with Gasteiger partial charge in [-0.3, -0.25) is 4.79 Å². The minimum atomic E-state index is -0.0596. The molecule has 1 aliphatic rings. The number of nitrogens with zero attached hydrogens (tertiary/aromatic N) is 2. The first kappa shape index (κ1) is 19.9. The SMILES string of the molecule is O=C(NCc1ccc(N2CCOCC2)nc1)c1ccccc1SCc1ccsc1. The topological polar surface area (TPSA) is 54.5 Å². The molecule has 2 aromatic heterocycles. The fourth-order valence-electron chi connectivity index (χ4n) is 3.09. The van der Waals surface area contributed by atoms with E-state index in [-0.39, 0.29) is 5.91 Å². The lowest BCUT2D eigenvalue weighted by atomic mass is 10.2. The summed E-state index contributed by atoms with van der Waals surface area (Å²) in [6.45, 7) is 3.66. The molecule has 0 atom stereocenters. The highest BCUT2D eigenvalue weighted by Crippen LogP contribution is 2.27. The molecule has 0 saturated carbocycles. The maximum Gasteiger partial charge on any atom is 0.252 e. The van der Waals surface area contributed by atoms with Crippen molar-refractivity contribution in [1.82, 2.24) is 10.3 Å². The molecule has 1 saturated heterocycles. The molecule has 150 valence electrons. The smallest absolute Gasteiger partial charge is 0.252 e. The van der Waals surface area contributed by atoms with E-state index < -0.39 is 0 Å². The summed E-state index contributed by atoms with van der Waals surface area (Å²) in [6.07, 6.45) is 1.84. The number of carbonyl (C=O) groups excluding carboxylic acids is 1. The number of hydrogen-bond donors (Lipinski definition) is 1. The summed E-state index contributed by atoms with van der Waals surface area (Å²) in [5, 5.41) is 7.24. The molecular formula is C22H23N3O2S2. The Hall–Kier alpha value is -2.35. The maximum atomic E-state index is 12.7. The van der Waals surface area contributed by atoms with E-state index in [1.165, 1.54) is 5.56 Å². The van der Waals surface area contributed by atoms with E-state index in [0.29, 0.717) is 12.1 Å². The van der Waals surface area contributed by atoms with Gasteiger partial charge in [0.25, 0.3) is 5.91 Å². The number of anilines is 1. The van der Waals surface area contributed by atoms with Crippen molar-refractivity contribution in [2.24, 2.45) is 0 Å². The molecule has 29 heavy (non-hydrogen) atoms. The molecule has 3 aromatic rings. The monoisotopic (exact) mass is 425 g/mol. The minimum Gasteiger partial charge on any atom is -0.378 e. The first-order valence-corrected chi connectivity index (χ1v) is 11.5. The Labute approximate surface area is 179 Å². The molecule has 3 heterocycles. The number of aromatic nitrogens is 1. The number of nitrogens with one attached hydrogen (secondary N) is 1. The van der Waals surface area contributed by atoms with Crippen LogP contribution >= 0.6 is 23.1 Å². The third kappa shape index (κ3) is 5.38. The zero-order valence-corrected chi connectivity index (χ0v) is 17.7. The quantitative estimate of drug-likeness (QED) is 0.575. The van der Waals surface area contributed by atoms with Crippen molar-refractivity contribution in [3.63, 3.8) is 0 Å². The predicted octanol–water partition coefficient (Wildman–Crippen LogP) is 4.20. The summed E-state index contributed by atoms with van der Waals surface area (Å²) < 4.78 is 5.38. The van der Waals surface area contributed by atoms with Gasteiger partial charge < -0.3 is 15.0 Å². The van der Waals surface area contributed by atoms with Crippen LogP contribution in [0.4, 0.5) is 5.82 Å². The third-order valence-corrected chi connectivity index (χ3v) is 6.58. The Morgan fingerprint density at radius 1 is 1.14 bits per heavy atom. The molecule has 5 nitrogen and oxygen atoms in total. The van der Waals surface area contributed by atoms with Crippen LogP contribution in [-0.4, -0.2) is 37.2 Å². The van der Waals surface area contributed by atoms with Crippen LogP contribution in [0.15, 0.2) is 64.3 Å². The highest BCUT2D eigenvalue weighted by Gasteiger charge is 2.13. The molecule has 0 bridgehead atoms. The van der Waals surface area contributed by atoms with Gasteiger partial charge >= 0.3 is 0 Å². The highest BCUT2D eigenvalue weighted by molar-refractivity contribution is 7.98. The first-order valence-electron chi connectivity index (χ1n) is 9.58. The molecule has 1 N–H and O–H groups in total. The molecule has 0 spiro atoms. The van der Waals surface area contributed by atoms with Crippen LogP contribution in [0.2, 0.25) is 0 Å². The summed E-state index contributed by atoms with van der Waals surface area (Å²) in [5.41, 5.74) is 2.98. The van der Waals surface area contributed by atoms with Gasteiger partial charge in [0.1, 0.15) is 5.82 Å². The fraction of sp³-hybridized carbons (Fsp3) is 0.273. The minimum absolute atomic E-state index is 0.0596. The molecule has 0 unspecified atom stereocenters. The molecule has 4 rings (SSSR count). The molecular weight excluding hydrogens is 402 g/mol. The third-order valence-electron chi connectivity index (χ3n) is 4.70. The van der Waals surface area contributed by atoms with Gasteiger partial charge in [0.05, 0.1) is 18.8 Å². The standard InChI is InChI=1S/C22H23N3O2S2/c26-22(19-3-1-2-4-20(19)29-16-18-7-12-28-15-18)24-14-17-5-6-21(23-13-17)25-8-10-27-11-9-25/h1-7,12-13,15H,8-11,14,16H2,(H,24,26). The largest absolute Gasteiger partial charge is 0.378 e. The van der Waals surface area contributed by atoms with Crippen LogP contribution in [0.5, 0.6) is 0 Å². The number of pyridine rings is 1. The van der Waals surface area contributed by atoms with E-state index >= 15 is 0 Å². The number of thiophene rings is 1. The second kappa shape index (κ2) is 9.91. The van der Waals surface area contributed by atoms with E-state index in [4.69, 9.17) is 4.74 Å². The molecule has 1 fully saturated rings. The summed E-state index contributed by atoms with van der Waals surface area (Å²) in [7, 11) is 0. The molecule has 0 aliphatic carbocycles. The van der Waals surface area contributed by atoms with Gasteiger partial charge in [-0.2, -0.15) is 11.3 Å². The number of thioether (sulfide) groups is 1. The Kier molecular flexibility index (Phi) is 6.82. The second-order valence-corrected chi connectivity index (χ2v) is 8.52. The molecule has 1 aliphatic heterocycles. The Morgan fingerprint density at radius 2 is 2.00 bits per heavy atom. The van der Waals surface area contributed by atoms with Gasteiger partial charge in [0.2, 0.25) is 0 Å². The van der Waals surface area contributed by atoms with Crippen molar-refractivity contribution in [3.8, 4) is 0 Å². The van der Waals surface area contributed by atoms with Crippen molar-refractivity contribution in [3.05, 3.63) is 76.1 Å². The number of amides is 1. The van der Waals surface area contributed by atoms with Crippen molar-refractivity contribution < 1.29 is 9.53 Å². The number of ether oxygens (including phenoxy) is 1. The molecule has 0 radical (unpaired) electrons. The van der Waals surface area contributed by atoms with Gasteiger partial charge in [0, 0.05) is 36.5 Å². The summed E-state index contributed by atoms with van der Waals surface area (Å²) in [5.74, 6) is 1.76. The first-order chi connectivity index (χ1) is 14.3. The van der Waals surface area contributed by atoms with Gasteiger partial charge in [0.15, 0.2) is 0 Å². The fourth-order valence-corrected chi connectivity index (χ4v) is 4.86. The number of morpholine rings is 1. The zero-order chi connectivity index (χ0) is 19.9. The lowest BCUT2D eigenvalue weighted by Gasteiger charge is -2.27. The average Bonchev–Trinajstić information content (AvgIpc) is 3.31. The van der Waals surface area contributed by atoms with E-state index in [1.54, 1.807) is 23.1 Å². The predicted molar refractivity (Wildman–Crippen MR) is 119 cm³/mol. The van der Waals surface area contributed by atoms with E-state index in [2.05, 4.69) is 32.0 Å². The van der Waals surface area contributed by atoms with E-state index in [9.17, 15) is 4.79 Å². The molecule has 1 amide bonds. The van der Waals surface area contributed by atoms with Gasteiger partial charge in [-0.1, -0.05) is 18.2 Å². The number of benzene rings is 1. The van der Waals surface area contributed by atoms with Crippen LogP contribution in [0.1, 0.15) is 21.5 Å². The zero-order valence-electron chi connectivity index (χ0n) is 16.0. The summed E-state index contributed by atoms with van der Waals surface area (Å²) >= 11 is 3.38. The number of hydrogen-bond acceptors (Lipinski definition) is 6. The Morgan fingerprint density at radius 3 is 2.76 bits per heavy atom. The second-order valence-electron chi connectivity index (χ2n) is 6.72. The van der Waals surface area contributed by atoms with Crippen molar-refractivity contribution in [2.75, 3.05) is 31.2 Å².